The summed E-state index contributed by atoms with van der Waals surface area (Å²) in [6, 6.07) is 3.16. The fourth-order valence-corrected chi connectivity index (χ4v) is 1.21. The van der Waals surface area contributed by atoms with E-state index in [4.69, 9.17) is 0 Å². The van der Waals surface area contributed by atoms with E-state index < -0.39 is 0 Å². The maximum absolute atomic E-state index is 10.9. The van der Waals surface area contributed by atoms with Gasteiger partial charge in [0.1, 0.15) is 5.82 Å². The molecule has 2 aromatic rings. The SMILES string of the molecule is CC(C)c1nc(-c2ccc(=O)[nH]c2)n[nH]1. The molecule has 0 aromatic carbocycles. The van der Waals surface area contributed by atoms with Crippen molar-refractivity contribution >= 4 is 0 Å². The van der Waals surface area contributed by atoms with Gasteiger partial charge in [-0.15, -0.1) is 0 Å². The molecule has 5 nitrogen and oxygen atoms in total. The largest absolute Gasteiger partial charge is 0.328 e. The lowest BCUT2D eigenvalue weighted by molar-refractivity contribution is 0.781. The summed E-state index contributed by atoms with van der Waals surface area (Å²) in [5.41, 5.74) is 0.677. The first-order valence-electron chi connectivity index (χ1n) is 4.78. The van der Waals surface area contributed by atoms with Crippen molar-refractivity contribution in [3.8, 4) is 11.4 Å². The Bertz CT molecular complexity index is 492. The number of rotatable bonds is 2. The number of nitrogens with zero attached hydrogens (tertiary/aromatic N) is 2. The smallest absolute Gasteiger partial charge is 0.247 e. The van der Waals surface area contributed by atoms with E-state index in [2.05, 4.69) is 20.2 Å². The maximum Gasteiger partial charge on any atom is 0.247 e. The molecule has 0 atom stereocenters. The van der Waals surface area contributed by atoms with E-state index >= 15 is 0 Å². The molecule has 0 radical (unpaired) electrons. The van der Waals surface area contributed by atoms with E-state index in [0.717, 1.165) is 11.4 Å². The third-order valence-corrected chi connectivity index (χ3v) is 2.09. The number of pyridine rings is 1. The van der Waals surface area contributed by atoms with Crippen LogP contribution in [0, 0.1) is 0 Å². The van der Waals surface area contributed by atoms with Crippen molar-refractivity contribution in [3.63, 3.8) is 0 Å². The molecule has 2 N–H and O–H groups in total. The molecule has 0 amide bonds. The van der Waals surface area contributed by atoms with E-state index in [9.17, 15) is 4.79 Å². The Hall–Kier alpha value is -1.91. The van der Waals surface area contributed by atoms with Crippen molar-refractivity contribution in [2.45, 2.75) is 19.8 Å². The Morgan fingerprint density at radius 3 is 2.67 bits per heavy atom. The highest BCUT2D eigenvalue weighted by Crippen LogP contribution is 2.15. The summed E-state index contributed by atoms with van der Waals surface area (Å²) in [6.07, 6.45) is 1.61. The Morgan fingerprint density at radius 2 is 2.13 bits per heavy atom. The minimum atomic E-state index is -0.127. The normalized spacial score (nSPS) is 10.9. The van der Waals surface area contributed by atoms with Crippen LogP contribution >= 0.6 is 0 Å². The minimum absolute atomic E-state index is 0.127. The topological polar surface area (TPSA) is 74.4 Å². The Labute approximate surface area is 86.6 Å². The van der Waals surface area contributed by atoms with Gasteiger partial charge in [0.25, 0.3) is 0 Å². The highest BCUT2D eigenvalue weighted by atomic mass is 16.1. The molecular formula is C10H12N4O. The number of nitrogens with one attached hydrogen (secondary N) is 2. The van der Waals surface area contributed by atoms with Crippen LogP contribution in [-0.4, -0.2) is 20.2 Å². The lowest BCUT2D eigenvalue weighted by Gasteiger charge is -1.95. The summed E-state index contributed by atoms with van der Waals surface area (Å²) < 4.78 is 0. The molecule has 15 heavy (non-hydrogen) atoms. The van der Waals surface area contributed by atoms with Gasteiger partial charge in [0.15, 0.2) is 5.82 Å². The van der Waals surface area contributed by atoms with Crippen molar-refractivity contribution in [1.29, 1.82) is 0 Å². The zero-order chi connectivity index (χ0) is 10.8. The van der Waals surface area contributed by atoms with Gasteiger partial charge in [-0.25, -0.2) is 4.98 Å². The molecule has 0 bridgehead atoms. The van der Waals surface area contributed by atoms with Gasteiger partial charge in [0.2, 0.25) is 5.56 Å². The molecule has 0 saturated carbocycles. The molecule has 5 heteroatoms. The highest BCUT2D eigenvalue weighted by Gasteiger charge is 2.07. The summed E-state index contributed by atoms with van der Waals surface area (Å²) in [7, 11) is 0. The monoisotopic (exact) mass is 204 g/mol. The van der Waals surface area contributed by atoms with Crippen LogP contribution in [0.5, 0.6) is 0 Å². The van der Waals surface area contributed by atoms with Gasteiger partial charge in [0, 0.05) is 23.7 Å². The Balaban J connectivity index is 2.37. The molecule has 78 valence electrons. The Kier molecular flexibility index (Phi) is 2.37. The second kappa shape index (κ2) is 3.68. The molecule has 0 aliphatic carbocycles. The molecule has 0 spiro atoms. The first kappa shape index (κ1) is 9.64. The van der Waals surface area contributed by atoms with Crippen LogP contribution in [0.3, 0.4) is 0 Å². The number of aromatic amines is 2. The third kappa shape index (κ3) is 1.96. The predicted octanol–water partition coefficient (Wildman–Crippen LogP) is 1.28. The van der Waals surface area contributed by atoms with Gasteiger partial charge < -0.3 is 4.98 Å². The second-order valence-corrected chi connectivity index (χ2v) is 3.64. The van der Waals surface area contributed by atoms with Crippen molar-refractivity contribution in [3.05, 3.63) is 34.5 Å². The van der Waals surface area contributed by atoms with Crippen LogP contribution in [0.4, 0.5) is 0 Å². The van der Waals surface area contributed by atoms with Gasteiger partial charge >= 0.3 is 0 Å². The highest BCUT2D eigenvalue weighted by molar-refractivity contribution is 5.52. The first-order chi connectivity index (χ1) is 7.16. The molecule has 0 unspecified atom stereocenters. The number of H-pyrrole nitrogens is 2. The standard InChI is InChI=1S/C10H12N4O/c1-6(2)9-12-10(14-13-9)7-3-4-8(15)11-5-7/h3-6H,1-2H3,(H,11,15)(H,12,13,14). The van der Waals surface area contributed by atoms with Crippen LogP contribution in [0.25, 0.3) is 11.4 Å². The molecule has 2 rings (SSSR count). The summed E-state index contributed by atoms with van der Waals surface area (Å²) in [6.45, 7) is 4.08. The first-order valence-corrected chi connectivity index (χ1v) is 4.78. The van der Waals surface area contributed by atoms with Gasteiger partial charge in [0.05, 0.1) is 0 Å². The summed E-state index contributed by atoms with van der Waals surface area (Å²) in [5.74, 6) is 1.76. The fourth-order valence-electron chi connectivity index (χ4n) is 1.21. The van der Waals surface area contributed by atoms with Crippen LogP contribution in [-0.2, 0) is 0 Å². The van der Waals surface area contributed by atoms with E-state index in [0.29, 0.717) is 11.7 Å². The molecular weight excluding hydrogens is 192 g/mol. The maximum atomic E-state index is 10.9. The van der Waals surface area contributed by atoms with E-state index in [1.54, 1.807) is 12.3 Å². The Morgan fingerprint density at radius 1 is 1.33 bits per heavy atom. The van der Waals surface area contributed by atoms with Crippen LogP contribution in [0.2, 0.25) is 0 Å². The minimum Gasteiger partial charge on any atom is -0.328 e. The van der Waals surface area contributed by atoms with Gasteiger partial charge in [-0.1, -0.05) is 13.8 Å². The van der Waals surface area contributed by atoms with Gasteiger partial charge in [-0.2, -0.15) is 5.10 Å². The molecule has 0 fully saturated rings. The fraction of sp³-hybridized carbons (Fsp3) is 0.300. The summed E-state index contributed by atoms with van der Waals surface area (Å²) >= 11 is 0. The van der Waals surface area contributed by atoms with Crippen LogP contribution in [0.15, 0.2) is 23.1 Å². The number of hydrogen-bond acceptors (Lipinski definition) is 3. The third-order valence-electron chi connectivity index (χ3n) is 2.09. The zero-order valence-corrected chi connectivity index (χ0v) is 8.61. The zero-order valence-electron chi connectivity index (χ0n) is 8.61. The lowest BCUT2D eigenvalue weighted by atomic mass is 10.2. The second-order valence-electron chi connectivity index (χ2n) is 3.64. The van der Waals surface area contributed by atoms with Crippen LogP contribution < -0.4 is 5.56 Å². The molecule has 2 aromatic heterocycles. The predicted molar refractivity (Wildman–Crippen MR) is 56.5 cm³/mol. The van der Waals surface area contributed by atoms with Crippen LogP contribution in [0.1, 0.15) is 25.6 Å². The lowest BCUT2D eigenvalue weighted by Crippen LogP contribution is -2.01. The van der Waals surface area contributed by atoms with E-state index in [-0.39, 0.29) is 5.56 Å². The molecule has 0 aliphatic heterocycles. The van der Waals surface area contributed by atoms with Gasteiger partial charge in [-0.05, 0) is 6.07 Å². The number of aromatic nitrogens is 4. The van der Waals surface area contributed by atoms with Crippen molar-refractivity contribution < 1.29 is 0 Å². The van der Waals surface area contributed by atoms with Crippen molar-refractivity contribution in [2.75, 3.05) is 0 Å². The summed E-state index contributed by atoms with van der Waals surface area (Å²) in [4.78, 5) is 17.8. The van der Waals surface area contributed by atoms with Crippen molar-refractivity contribution in [1.82, 2.24) is 20.2 Å². The quantitative estimate of drug-likeness (QED) is 0.773. The van der Waals surface area contributed by atoms with Crippen molar-refractivity contribution in [2.24, 2.45) is 0 Å². The molecule has 0 aliphatic rings. The average molecular weight is 204 g/mol. The summed E-state index contributed by atoms with van der Waals surface area (Å²) in [5, 5.41) is 6.94. The molecule has 0 saturated heterocycles. The number of hydrogen-bond donors (Lipinski definition) is 2. The average Bonchev–Trinajstić information content (AvgIpc) is 2.68. The van der Waals surface area contributed by atoms with E-state index in [1.165, 1.54) is 6.07 Å². The van der Waals surface area contributed by atoms with Gasteiger partial charge in [-0.3, -0.25) is 9.89 Å². The van der Waals surface area contributed by atoms with E-state index in [1.807, 2.05) is 13.8 Å². The molecule has 2 heterocycles.